The number of pyridine rings is 5. The number of aromatic nitrogens is 9. The van der Waals surface area contributed by atoms with Gasteiger partial charge in [0.1, 0.15) is 11.4 Å². The van der Waals surface area contributed by atoms with E-state index < -0.39 is 0 Å². The summed E-state index contributed by atoms with van der Waals surface area (Å²) in [7, 11) is 6.53. The predicted molar refractivity (Wildman–Crippen MR) is 227 cm³/mol. The van der Waals surface area contributed by atoms with Gasteiger partial charge in [-0.05, 0) is 66.2 Å². The third-order valence-electron chi connectivity index (χ3n) is 9.34. The SMILES string of the molecule is C#Cc1cncc(-c2ccc3ncc4c(c3c2)n(-c2cccnc2OC)c(=O)n4C)c1.CC.COc1ncccc1-n1c(=O)n(C)c2cnc3ccc(Br)cc3c21. The van der Waals surface area contributed by atoms with E-state index in [2.05, 4.69) is 46.8 Å². The number of benzene rings is 2. The zero-order valence-electron chi connectivity index (χ0n) is 31.9. The minimum absolute atomic E-state index is 0.175. The van der Waals surface area contributed by atoms with Gasteiger partial charge in [-0.25, -0.2) is 19.6 Å². The first-order chi connectivity index (χ1) is 27.7. The van der Waals surface area contributed by atoms with Gasteiger partial charge in [0, 0.05) is 65.3 Å². The number of aryl methyl sites for hydroxylation is 2. The molecule has 0 atom stereocenters. The van der Waals surface area contributed by atoms with Crippen molar-refractivity contribution >= 4 is 59.8 Å². The van der Waals surface area contributed by atoms with Crippen LogP contribution in [-0.4, -0.2) is 57.4 Å². The highest BCUT2D eigenvalue weighted by Gasteiger charge is 2.21. The number of terminal acetylenes is 1. The van der Waals surface area contributed by atoms with E-state index in [1.54, 1.807) is 81.7 Å². The summed E-state index contributed by atoms with van der Waals surface area (Å²) in [5, 5.41) is 1.70. The fourth-order valence-electron chi connectivity index (χ4n) is 6.69. The predicted octanol–water partition coefficient (Wildman–Crippen LogP) is 7.39. The van der Waals surface area contributed by atoms with E-state index in [0.717, 1.165) is 54.0 Å². The van der Waals surface area contributed by atoms with Gasteiger partial charge >= 0.3 is 11.4 Å². The maximum atomic E-state index is 13.2. The number of methoxy groups -OCH3 is 2. The van der Waals surface area contributed by atoms with Crippen molar-refractivity contribution in [2.75, 3.05) is 14.2 Å². The van der Waals surface area contributed by atoms with E-state index >= 15 is 0 Å². The highest BCUT2D eigenvalue weighted by molar-refractivity contribution is 9.10. The molecular weight excluding hydrogens is 786 g/mol. The fraction of sp³-hybridized carbons (Fsp3) is 0.140. The Morgan fingerprint density at radius 1 is 0.649 bits per heavy atom. The van der Waals surface area contributed by atoms with Crippen LogP contribution in [-0.2, 0) is 14.1 Å². The quantitative estimate of drug-likeness (QED) is 0.163. The molecule has 7 aromatic heterocycles. The molecule has 0 N–H and O–H groups in total. The van der Waals surface area contributed by atoms with Crippen LogP contribution in [0, 0.1) is 12.3 Å². The van der Waals surface area contributed by atoms with Gasteiger partial charge in [-0.1, -0.05) is 41.8 Å². The number of nitrogens with zero attached hydrogens (tertiary/aromatic N) is 9. The molecule has 57 heavy (non-hydrogen) atoms. The summed E-state index contributed by atoms with van der Waals surface area (Å²) in [6.45, 7) is 4.00. The Hall–Kier alpha value is -7.11. The van der Waals surface area contributed by atoms with Gasteiger partial charge in [0.2, 0.25) is 11.8 Å². The van der Waals surface area contributed by atoms with E-state index in [1.807, 2.05) is 68.4 Å². The van der Waals surface area contributed by atoms with Crippen LogP contribution in [0.2, 0.25) is 0 Å². The minimum atomic E-state index is -0.211. The van der Waals surface area contributed by atoms with Crippen molar-refractivity contribution in [3.05, 3.63) is 135 Å². The van der Waals surface area contributed by atoms with Crippen LogP contribution < -0.4 is 20.9 Å². The highest BCUT2D eigenvalue weighted by atomic mass is 79.9. The summed E-state index contributed by atoms with van der Waals surface area (Å²) in [5.74, 6) is 3.37. The van der Waals surface area contributed by atoms with Crippen molar-refractivity contribution < 1.29 is 9.47 Å². The van der Waals surface area contributed by atoms with E-state index in [-0.39, 0.29) is 11.4 Å². The van der Waals surface area contributed by atoms with Gasteiger partial charge in [0.15, 0.2) is 0 Å². The summed E-state index contributed by atoms with van der Waals surface area (Å²) in [6.07, 6.45) is 15.6. The number of hydrogen-bond donors (Lipinski definition) is 0. The molecule has 0 unspecified atom stereocenters. The van der Waals surface area contributed by atoms with Crippen LogP contribution in [0.25, 0.3) is 66.4 Å². The monoisotopic (exact) mass is 821 g/mol. The normalized spacial score (nSPS) is 10.8. The molecule has 0 spiro atoms. The van der Waals surface area contributed by atoms with E-state index in [1.165, 1.54) is 14.2 Å². The average molecular weight is 823 g/mol. The highest BCUT2D eigenvalue weighted by Crippen LogP contribution is 2.32. The molecule has 7 heterocycles. The molecule has 0 saturated carbocycles. The second-order valence-electron chi connectivity index (χ2n) is 12.4. The zero-order chi connectivity index (χ0) is 40.4. The van der Waals surface area contributed by atoms with Gasteiger partial charge in [-0.15, -0.1) is 6.42 Å². The summed E-state index contributed by atoms with van der Waals surface area (Å²) >= 11 is 3.49. The summed E-state index contributed by atoms with van der Waals surface area (Å²) < 4.78 is 18.1. The lowest BCUT2D eigenvalue weighted by atomic mass is 10.0. The molecule has 0 amide bonds. The molecule has 9 rings (SSSR count). The average Bonchev–Trinajstić information content (AvgIpc) is 3.68. The Morgan fingerprint density at radius 3 is 1.70 bits per heavy atom. The van der Waals surface area contributed by atoms with Crippen LogP contribution in [0.15, 0.2) is 118 Å². The van der Waals surface area contributed by atoms with Crippen molar-refractivity contribution in [1.82, 2.24) is 43.2 Å². The largest absolute Gasteiger partial charge is 0.479 e. The molecule has 0 fully saturated rings. The molecule has 13 nitrogen and oxygen atoms in total. The Labute approximate surface area is 335 Å². The fourth-order valence-corrected chi connectivity index (χ4v) is 7.05. The third-order valence-corrected chi connectivity index (χ3v) is 9.83. The number of rotatable bonds is 5. The maximum Gasteiger partial charge on any atom is 0.333 e. The van der Waals surface area contributed by atoms with Crippen LogP contribution >= 0.6 is 15.9 Å². The van der Waals surface area contributed by atoms with Crippen molar-refractivity contribution in [2.24, 2.45) is 14.1 Å². The molecule has 14 heteroatoms. The van der Waals surface area contributed by atoms with E-state index in [0.29, 0.717) is 34.2 Å². The number of halogens is 1. The van der Waals surface area contributed by atoms with Gasteiger partial charge < -0.3 is 9.47 Å². The molecule has 0 aliphatic rings. The van der Waals surface area contributed by atoms with Crippen molar-refractivity contribution in [1.29, 1.82) is 0 Å². The molecule has 0 saturated heterocycles. The van der Waals surface area contributed by atoms with Crippen LogP contribution in [0.5, 0.6) is 11.8 Å². The van der Waals surface area contributed by atoms with Gasteiger partial charge in [-0.2, -0.15) is 0 Å². The van der Waals surface area contributed by atoms with Gasteiger partial charge in [-0.3, -0.25) is 33.2 Å². The zero-order valence-corrected chi connectivity index (χ0v) is 33.5. The molecule has 9 aromatic rings. The maximum absolute atomic E-state index is 13.2. The summed E-state index contributed by atoms with van der Waals surface area (Å²) in [6, 6.07) is 20.8. The van der Waals surface area contributed by atoms with Crippen LogP contribution in [0.1, 0.15) is 19.4 Å². The first-order valence-corrected chi connectivity index (χ1v) is 18.6. The Bertz CT molecular complexity index is 3140. The first kappa shape index (κ1) is 38.2. The number of hydrogen-bond acceptors (Lipinski definition) is 9. The summed E-state index contributed by atoms with van der Waals surface area (Å²) in [4.78, 5) is 47.8. The van der Waals surface area contributed by atoms with E-state index in [4.69, 9.17) is 15.9 Å². The number of fused-ring (bicyclic) bond motifs is 6. The molecule has 2 aromatic carbocycles. The summed E-state index contributed by atoms with van der Waals surface area (Å²) in [5.41, 5.74) is 7.82. The van der Waals surface area contributed by atoms with Crippen molar-refractivity contribution in [2.45, 2.75) is 13.8 Å². The molecule has 0 bridgehead atoms. The molecular formula is C43H36BrN9O4. The lowest BCUT2D eigenvalue weighted by Crippen LogP contribution is -2.21. The topological polar surface area (TPSA) is 137 Å². The Balaban J connectivity index is 0.000000172. The van der Waals surface area contributed by atoms with Gasteiger partial charge in [0.25, 0.3) is 0 Å². The molecule has 0 aliphatic carbocycles. The molecule has 0 radical (unpaired) electrons. The molecule has 284 valence electrons. The minimum Gasteiger partial charge on any atom is -0.479 e. The smallest absolute Gasteiger partial charge is 0.333 e. The first-order valence-electron chi connectivity index (χ1n) is 17.8. The van der Waals surface area contributed by atoms with Crippen LogP contribution in [0.4, 0.5) is 0 Å². The Kier molecular flexibility index (Phi) is 10.7. The van der Waals surface area contributed by atoms with Crippen LogP contribution in [0.3, 0.4) is 0 Å². The lowest BCUT2D eigenvalue weighted by molar-refractivity contribution is 0.395. The van der Waals surface area contributed by atoms with Gasteiger partial charge in [0.05, 0.1) is 59.7 Å². The third kappa shape index (κ3) is 6.68. The van der Waals surface area contributed by atoms with Crippen molar-refractivity contribution in [3.8, 4) is 46.6 Å². The lowest BCUT2D eigenvalue weighted by Gasteiger charge is -2.10. The standard InChI is InChI=1S/C24H17N5O2.C17H13BrN4O2.C2H6/c1-4-15-10-17(13-25-12-15)16-7-8-19-18(11-16)22-21(14-27-19)28(2)24(30)29(22)20-6-5-9-26-23(20)31-3;1-21-14-9-20-12-6-5-10(18)8-11(12)15(14)22(17(21)23)13-4-3-7-19-16(13)24-2;1-2/h1,5-14H,2-3H3;3-9H,1-2H3;1-2H3. The second-order valence-corrected chi connectivity index (χ2v) is 13.3. The number of imidazole rings is 2. The van der Waals surface area contributed by atoms with E-state index in [9.17, 15) is 9.59 Å². The Morgan fingerprint density at radius 2 is 1.18 bits per heavy atom. The molecule has 0 aliphatic heterocycles. The number of ether oxygens (including phenoxy) is 2. The van der Waals surface area contributed by atoms with Crippen molar-refractivity contribution in [3.63, 3.8) is 0 Å². The second kappa shape index (κ2) is 15.9.